The van der Waals surface area contributed by atoms with E-state index in [9.17, 15) is 19.0 Å². The Labute approximate surface area is 200 Å². The van der Waals surface area contributed by atoms with Crippen molar-refractivity contribution in [2.24, 2.45) is 0 Å². The van der Waals surface area contributed by atoms with E-state index in [1.54, 1.807) is 28.7 Å². The highest BCUT2D eigenvalue weighted by molar-refractivity contribution is 8.22. The van der Waals surface area contributed by atoms with Gasteiger partial charge in [-0.15, -0.1) is 15.9 Å². The molecule has 0 aliphatic carbocycles. The monoisotopic (exact) mass is 486 g/mol. The molecular formula is C24H30N4O5S. The summed E-state index contributed by atoms with van der Waals surface area (Å²) in [7, 11) is -3.26. The second-order valence-electron chi connectivity index (χ2n) is 8.70. The van der Waals surface area contributed by atoms with Gasteiger partial charge in [0.1, 0.15) is 16.7 Å². The number of fused-ring (bicyclic) bond motifs is 1. The molecule has 4 rings (SSSR count). The lowest BCUT2D eigenvalue weighted by Gasteiger charge is -2.42. The lowest BCUT2D eigenvalue weighted by Crippen LogP contribution is -2.33. The minimum atomic E-state index is -3.26. The van der Waals surface area contributed by atoms with Crippen LogP contribution in [-0.2, 0) is 17.8 Å². The fourth-order valence-electron chi connectivity index (χ4n) is 4.28. The summed E-state index contributed by atoms with van der Waals surface area (Å²) in [6.45, 7) is 4.51. The van der Waals surface area contributed by atoms with Gasteiger partial charge < -0.3 is 9.84 Å². The highest BCUT2D eigenvalue weighted by atomic mass is 32.3. The van der Waals surface area contributed by atoms with Crippen LogP contribution in [0, 0.1) is 6.92 Å². The van der Waals surface area contributed by atoms with Gasteiger partial charge in [0.25, 0.3) is 0 Å². The maximum Gasteiger partial charge on any atom is 0.303 e. The van der Waals surface area contributed by atoms with Gasteiger partial charge in [-0.2, -0.15) is 4.31 Å². The van der Waals surface area contributed by atoms with E-state index < -0.39 is 16.7 Å². The van der Waals surface area contributed by atoms with Gasteiger partial charge >= 0.3 is 5.97 Å². The fraction of sp³-hybridized carbons (Fsp3) is 0.375. The van der Waals surface area contributed by atoms with Crippen molar-refractivity contribution < 1.29 is 23.7 Å². The van der Waals surface area contributed by atoms with Crippen LogP contribution in [0.3, 0.4) is 0 Å². The summed E-state index contributed by atoms with van der Waals surface area (Å²) >= 11 is 0. The largest absolute Gasteiger partial charge is 0.487 e. The van der Waals surface area contributed by atoms with Gasteiger partial charge in [0.15, 0.2) is 0 Å². The van der Waals surface area contributed by atoms with E-state index in [1.807, 2.05) is 38.1 Å². The van der Waals surface area contributed by atoms with Crippen molar-refractivity contribution in [2.75, 3.05) is 6.54 Å². The van der Waals surface area contributed by atoms with Crippen molar-refractivity contribution in [3.05, 3.63) is 71.0 Å². The molecule has 4 N–H and O–H groups in total. The Kier molecular flexibility index (Phi) is 7.22. The second kappa shape index (κ2) is 10.1. The number of aryl methyl sites for hydroxylation is 2. The van der Waals surface area contributed by atoms with Crippen LogP contribution in [0.5, 0.6) is 5.75 Å². The number of aromatic amines is 1. The quantitative estimate of drug-likeness (QED) is 0.363. The Bertz CT molecular complexity index is 1140. The lowest BCUT2D eigenvalue weighted by molar-refractivity contribution is -0.137. The standard InChI is InChI=1S/C24H30N4O5S/c1-16-7-8-18(19(12-24(29)30)9-10-21-13-25-27-26-21)11-20(16)15-28-14-17(2)33-22-5-3-4-6-23(22)34(28,31)32/h3-8,11,13,17,19,31-32H,9-10,12,14-15H2,1-2H3,(H,29,30)(H,25,26,27). The number of hydrogen-bond donors (Lipinski definition) is 4. The molecule has 3 aromatic rings. The molecule has 9 nitrogen and oxygen atoms in total. The molecule has 0 saturated carbocycles. The van der Waals surface area contributed by atoms with Gasteiger partial charge in [0.05, 0.1) is 18.7 Å². The Morgan fingerprint density at radius 2 is 2.09 bits per heavy atom. The molecule has 0 amide bonds. The molecule has 2 atom stereocenters. The molecule has 0 saturated heterocycles. The van der Waals surface area contributed by atoms with Gasteiger partial charge in [0.2, 0.25) is 0 Å². The van der Waals surface area contributed by atoms with Crippen molar-refractivity contribution in [2.45, 2.75) is 56.6 Å². The summed E-state index contributed by atoms with van der Waals surface area (Å²) < 4.78 is 30.0. The van der Waals surface area contributed by atoms with Crippen molar-refractivity contribution in [3.8, 4) is 5.75 Å². The Morgan fingerprint density at radius 3 is 2.82 bits per heavy atom. The summed E-state index contributed by atoms with van der Waals surface area (Å²) in [6, 6.07) is 12.9. The molecule has 34 heavy (non-hydrogen) atoms. The first kappa shape index (κ1) is 24.2. The first-order chi connectivity index (χ1) is 16.2. The highest BCUT2D eigenvalue weighted by Crippen LogP contribution is 2.57. The van der Waals surface area contributed by atoms with Crippen LogP contribution in [0.4, 0.5) is 0 Å². The number of rotatable bonds is 8. The van der Waals surface area contributed by atoms with E-state index in [-0.39, 0.29) is 18.4 Å². The van der Waals surface area contributed by atoms with E-state index in [2.05, 4.69) is 15.4 Å². The predicted molar refractivity (Wildman–Crippen MR) is 129 cm³/mol. The van der Waals surface area contributed by atoms with Gasteiger partial charge in [-0.1, -0.05) is 35.5 Å². The minimum absolute atomic E-state index is 0.00248. The maximum absolute atomic E-state index is 11.6. The SMILES string of the molecule is Cc1ccc(C(CCc2c[nH]nn2)CC(=O)O)cc1CN1CC(C)Oc2ccccc2S1(O)O. The third-order valence-electron chi connectivity index (χ3n) is 6.12. The van der Waals surface area contributed by atoms with Crippen molar-refractivity contribution >= 4 is 16.7 Å². The van der Waals surface area contributed by atoms with E-state index in [0.29, 0.717) is 36.6 Å². The van der Waals surface area contributed by atoms with Crippen LogP contribution in [0.15, 0.2) is 53.6 Å². The normalized spacial score (nSPS) is 19.5. The minimum Gasteiger partial charge on any atom is -0.487 e. The Balaban J connectivity index is 1.61. The number of carboxylic acids is 1. The maximum atomic E-state index is 11.6. The van der Waals surface area contributed by atoms with E-state index >= 15 is 0 Å². The number of hydrogen-bond acceptors (Lipinski definition) is 7. The van der Waals surface area contributed by atoms with Crippen LogP contribution in [0.25, 0.3) is 0 Å². The molecule has 0 spiro atoms. The first-order valence-electron chi connectivity index (χ1n) is 11.2. The molecule has 10 heteroatoms. The zero-order chi connectivity index (χ0) is 24.3. The smallest absolute Gasteiger partial charge is 0.303 e. The van der Waals surface area contributed by atoms with E-state index in [0.717, 1.165) is 22.4 Å². The highest BCUT2D eigenvalue weighted by Gasteiger charge is 2.34. The number of carbonyl (C=O) groups is 1. The third kappa shape index (κ3) is 5.41. The molecule has 2 unspecified atom stereocenters. The van der Waals surface area contributed by atoms with Crippen molar-refractivity contribution in [1.29, 1.82) is 0 Å². The number of aliphatic carboxylic acids is 1. The van der Waals surface area contributed by atoms with Gasteiger partial charge in [-0.3, -0.25) is 19.0 Å². The molecular weight excluding hydrogens is 456 g/mol. The molecule has 182 valence electrons. The number of aromatic nitrogens is 3. The van der Waals surface area contributed by atoms with Crippen molar-refractivity contribution in [1.82, 2.24) is 19.7 Å². The van der Waals surface area contributed by atoms with Gasteiger partial charge in [-0.25, -0.2) is 0 Å². The first-order valence-corrected chi connectivity index (χ1v) is 12.7. The summed E-state index contributed by atoms with van der Waals surface area (Å²) in [5.41, 5.74) is 3.60. The number of para-hydroxylation sites is 1. The predicted octanol–water partition coefficient (Wildman–Crippen LogP) is 4.61. The number of benzene rings is 2. The summed E-state index contributed by atoms with van der Waals surface area (Å²) in [4.78, 5) is 11.9. The Morgan fingerprint density at radius 1 is 1.29 bits per heavy atom. The summed E-state index contributed by atoms with van der Waals surface area (Å²) in [5.74, 6) is -0.588. The van der Waals surface area contributed by atoms with Crippen LogP contribution in [0.2, 0.25) is 0 Å². The van der Waals surface area contributed by atoms with Gasteiger partial charge in [-0.05, 0) is 61.4 Å². The molecule has 2 aromatic carbocycles. The topological polar surface area (TPSA) is 132 Å². The molecule has 0 bridgehead atoms. The molecule has 0 fully saturated rings. The number of nitrogens with zero attached hydrogens (tertiary/aromatic N) is 3. The Hall–Kier alpha value is -2.92. The van der Waals surface area contributed by atoms with Crippen LogP contribution >= 0.6 is 10.8 Å². The zero-order valence-electron chi connectivity index (χ0n) is 19.2. The molecule has 2 heterocycles. The second-order valence-corrected chi connectivity index (χ2v) is 10.7. The number of ether oxygens (including phenoxy) is 1. The average Bonchev–Trinajstić information content (AvgIpc) is 3.28. The molecule has 1 aromatic heterocycles. The van der Waals surface area contributed by atoms with Crippen molar-refractivity contribution in [3.63, 3.8) is 0 Å². The summed E-state index contributed by atoms with van der Waals surface area (Å²) in [5, 5.41) is 19.9. The number of carboxylic acid groups (broad SMARTS) is 1. The molecule has 1 aliphatic rings. The third-order valence-corrected chi connectivity index (χ3v) is 8.05. The van der Waals surface area contributed by atoms with Crippen LogP contribution in [-0.4, -0.2) is 52.5 Å². The summed E-state index contributed by atoms with van der Waals surface area (Å²) in [6.07, 6.45) is 2.69. The molecule has 1 aliphatic heterocycles. The van der Waals surface area contributed by atoms with E-state index in [1.165, 1.54) is 0 Å². The fourth-order valence-corrected chi connectivity index (χ4v) is 5.95. The molecule has 0 radical (unpaired) electrons. The number of nitrogens with one attached hydrogen (secondary N) is 1. The average molecular weight is 487 g/mol. The van der Waals surface area contributed by atoms with Crippen LogP contribution in [0.1, 0.15) is 48.1 Å². The van der Waals surface area contributed by atoms with E-state index in [4.69, 9.17) is 4.74 Å². The number of H-pyrrole nitrogens is 1. The van der Waals surface area contributed by atoms with Gasteiger partial charge in [0, 0.05) is 12.7 Å². The van der Waals surface area contributed by atoms with Crippen LogP contribution < -0.4 is 4.74 Å². The zero-order valence-corrected chi connectivity index (χ0v) is 20.0. The lowest BCUT2D eigenvalue weighted by atomic mass is 9.88.